The van der Waals surface area contributed by atoms with Crippen LogP contribution in [0, 0.1) is 0 Å². The van der Waals surface area contributed by atoms with E-state index in [1.807, 2.05) is 0 Å². The van der Waals surface area contributed by atoms with Crippen molar-refractivity contribution in [2.24, 2.45) is 15.5 Å². The number of nitrogens with one attached hydrogen (secondary N) is 1. The molecule has 30 heavy (non-hydrogen) atoms. The average Bonchev–Trinajstić information content (AvgIpc) is 2.68. The van der Waals surface area contributed by atoms with Crippen LogP contribution < -0.4 is 5.32 Å². The van der Waals surface area contributed by atoms with Gasteiger partial charge in [-0.1, -0.05) is 39.7 Å². The molecule has 0 atom stereocenters. The van der Waals surface area contributed by atoms with Crippen molar-refractivity contribution in [1.29, 1.82) is 0 Å². The van der Waals surface area contributed by atoms with Crippen LogP contribution in [0.4, 0.5) is 0 Å². The fourth-order valence-electron chi connectivity index (χ4n) is 2.21. The fraction of sp³-hybridized carbons (Fsp3) is 0.450. The third-order valence-electron chi connectivity index (χ3n) is 3.44. The number of esters is 1. The number of benzene rings is 1. The summed E-state index contributed by atoms with van der Waals surface area (Å²) < 4.78 is 5.29. The zero-order valence-corrected chi connectivity index (χ0v) is 18.3. The van der Waals surface area contributed by atoms with Crippen LogP contribution in [0.15, 0.2) is 39.7 Å². The smallest absolute Gasteiger partial charge is 0.362 e. The van der Waals surface area contributed by atoms with Gasteiger partial charge in [0.1, 0.15) is 32.1 Å². The first kappa shape index (κ1) is 24.6. The monoisotopic (exact) mass is 420 g/mol. The molecule has 10 heteroatoms. The molecule has 1 rings (SSSR count). The molecular weight excluding hydrogens is 392 g/mol. The average molecular weight is 420 g/mol. The second kappa shape index (κ2) is 11.5. The Kier molecular flexibility index (Phi) is 9.47. The molecule has 1 aromatic rings. The number of rotatable bonds is 9. The van der Waals surface area contributed by atoms with E-state index in [-0.39, 0.29) is 23.7 Å². The van der Waals surface area contributed by atoms with Crippen LogP contribution in [0.25, 0.3) is 0 Å². The van der Waals surface area contributed by atoms with Gasteiger partial charge >= 0.3 is 5.97 Å². The summed E-state index contributed by atoms with van der Waals surface area (Å²) in [5, 5.41) is 13.9. The van der Waals surface area contributed by atoms with Gasteiger partial charge in [0.25, 0.3) is 5.91 Å². The highest BCUT2D eigenvalue weighted by molar-refractivity contribution is 6.65. The highest BCUT2D eigenvalue weighted by Gasteiger charge is 2.24. The molecule has 0 aliphatic rings. The minimum absolute atomic E-state index is 0.00181. The Hall–Kier alpha value is -3.43. The van der Waals surface area contributed by atoms with Crippen molar-refractivity contribution in [1.82, 2.24) is 5.32 Å². The van der Waals surface area contributed by atoms with Gasteiger partial charge in [-0.2, -0.15) is 0 Å². The molecule has 1 amide bonds. The number of hydrogen-bond acceptors (Lipinski definition) is 9. The predicted octanol–water partition coefficient (Wildman–Crippen LogP) is 2.02. The summed E-state index contributed by atoms with van der Waals surface area (Å²) >= 11 is 0. The normalized spacial score (nSPS) is 12.8. The van der Waals surface area contributed by atoms with Crippen LogP contribution >= 0.6 is 0 Å². The lowest BCUT2D eigenvalue weighted by Gasteiger charge is -2.19. The van der Waals surface area contributed by atoms with Gasteiger partial charge in [0.05, 0.1) is 0 Å². The van der Waals surface area contributed by atoms with E-state index < -0.39 is 17.5 Å². The van der Waals surface area contributed by atoms with Crippen LogP contribution in [0.1, 0.15) is 38.8 Å². The van der Waals surface area contributed by atoms with Gasteiger partial charge in [0.15, 0.2) is 5.71 Å². The summed E-state index contributed by atoms with van der Waals surface area (Å²) in [4.78, 5) is 39.3. The molecular formula is C20H28N4O6. The van der Waals surface area contributed by atoms with Crippen LogP contribution in [0.3, 0.4) is 0 Å². The Bertz CT molecular complexity index is 840. The van der Waals surface area contributed by atoms with E-state index in [1.54, 1.807) is 45.0 Å². The molecule has 1 N–H and O–H groups in total. The molecule has 0 unspecified atom stereocenters. The Morgan fingerprint density at radius 2 is 1.67 bits per heavy atom. The van der Waals surface area contributed by atoms with Crippen LogP contribution in [-0.2, 0) is 35.4 Å². The van der Waals surface area contributed by atoms with E-state index in [0.29, 0.717) is 11.1 Å². The number of ether oxygens (including phenoxy) is 1. The SMILES string of the molecule is CNC(=O)C(=NOC)c1ccccc1CON=C(C)C(=NOC)C(=O)OC(C)(C)C. The summed E-state index contributed by atoms with van der Waals surface area (Å²) in [6.45, 7) is 6.75. The Labute approximate surface area is 175 Å². The van der Waals surface area contributed by atoms with Crippen molar-refractivity contribution < 1.29 is 28.8 Å². The molecule has 0 aliphatic heterocycles. The van der Waals surface area contributed by atoms with Gasteiger partial charge in [0.2, 0.25) is 5.71 Å². The van der Waals surface area contributed by atoms with Gasteiger partial charge in [-0.25, -0.2) is 4.79 Å². The van der Waals surface area contributed by atoms with Gasteiger partial charge in [0, 0.05) is 18.2 Å². The summed E-state index contributed by atoms with van der Waals surface area (Å²) in [5.41, 5.74) is 0.590. The van der Waals surface area contributed by atoms with Gasteiger partial charge in [-0.05, 0) is 27.7 Å². The molecule has 0 fully saturated rings. The molecule has 0 saturated heterocycles. The molecule has 0 aliphatic carbocycles. The third kappa shape index (κ3) is 7.53. The van der Waals surface area contributed by atoms with E-state index >= 15 is 0 Å². The number of likely N-dealkylation sites (N-methyl/N-ethyl adjacent to an activating group) is 1. The maximum atomic E-state index is 12.3. The van der Waals surface area contributed by atoms with Crippen LogP contribution in [0.2, 0.25) is 0 Å². The number of nitrogens with zero attached hydrogens (tertiary/aromatic N) is 3. The Morgan fingerprint density at radius 1 is 1.03 bits per heavy atom. The third-order valence-corrected chi connectivity index (χ3v) is 3.44. The summed E-state index contributed by atoms with van der Waals surface area (Å²) in [5.74, 6) is -1.10. The maximum Gasteiger partial charge on any atom is 0.362 e. The molecule has 1 aromatic carbocycles. The number of oxime groups is 3. The van der Waals surface area contributed by atoms with Gasteiger partial charge in [-0.3, -0.25) is 4.79 Å². The topological polar surface area (TPSA) is 120 Å². The zero-order chi connectivity index (χ0) is 22.7. The summed E-state index contributed by atoms with van der Waals surface area (Å²) in [7, 11) is 4.15. The van der Waals surface area contributed by atoms with Gasteiger partial charge < -0.3 is 24.6 Å². The second-order valence-corrected chi connectivity index (χ2v) is 6.93. The fourth-order valence-corrected chi connectivity index (χ4v) is 2.21. The number of carbonyl (C=O) groups excluding carboxylic acids is 2. The molecule has 164 valence electrons. The van der Waals surface area contributed by atoms with Crippen molar-refractivity contribution >= 4 is 29.0 Å². The van der Waals surface area contributed by atoms with Crippen molar-refractivity contribution in [3.8, 4) is 0 Å². The molecule has 0 spiro atoms. The number of amides is 1. The van der Waals surface area contributed by atoms with E-state index in [1.165, 1.54) is 28.2 Å². The molecule has 0 bridgehead atoms. The lowest BCUT2D eigenvalue weighted by molar-refractivity contribution is -0.146. The van der Waals surface area contributed by atoms with E-state index in [2.05, 4.69) is 20.8 Å². The highest BCUT2D eigenvalue weighted by Crippen LogP contribution is 2.13. The minimum Gasteiger partial charge on any atom is -0.455 e. The van der Waals surface area contributed by atoms with Crippen molar-refractivity contribution in [2.45, 2.75) is 39.9 Å². The molecule has 0 aromatic heterocycles. The summed E-state index contributed by atoms with van der Waals surface area (Å²) in [6, 6.07) is 7.01. The number of hydrogen-bond donors (Lipinski definition) is 1. The Morgan fingerprint density at radius 3 is 2.23 bits per heavy atom. The lowest BCUT2D eigenvalue weighted by Crippen LogP contribution is -2.32. The molecule has 0 saturated carbocycles. The molecule has 10 nitrogen and oxygen atoms in total. The van der Waals surface area contributed by atoms with E-state index in [9.17, 15) is 9.59 Å². The van der Waals surface area contributed by atoms with Crippen LogP contribution in [0.5, 0.6) is 0 Å². The van der Waals surface area contributed by atoms with Crippen molar-refractivity contribution in [3.63, 3.8) is 0 Å². The first-order valence-electron chi connectivity index (χ1n) is 9.07. The summed E-state index contributed by atoms with van der Waals surface area (Å²) in [6.07, 6.45) is 0. The first-order valence-corrected chi connectivity index (χ1v) is 9.07. The van der Waals surface area contributed by atoms with Crippen molar-refractivity contribution in [2.75, 3.05) is 21.3 Å². The van der Waals surface area contributed by atoms with E-state index in [0.717, 1.165) is 0 Å². The Balaban J connectivity index is 3.05. The standard InChI is InChI=1S/C20H28N4O6/c1-13(16(23-27-6)19(26)30-20(2,3)4)22-29-12-14-10-8-9-11-15(14)17(24-28-7)18(25)21-5/h8-11H,12H2,1-7H3,(H,21,25). The quantitative estimate of drug-likeness (QED) is 0.371. The largest absolute Gasteiger partial charge is 0.455 e. The minimum atomic E-state index is -0.706. The maximum absolute atomic E-state index is 12.3. The number of carbonyl (C=O) groups is 2. The molecule has 0 radical (unpaired) electrons. The second-order valence-electron chi connectivity index (χ2n) is 6.93. The van der Waals surface area contributed by atoms with Crippen molar-refractivity contribution in [3.05, 3.63) is 35.4 Å². The lowest BCUT2D eigenvalue weighted by atomic mass is 10.0. The predicted molar refractivity (Wildman–Crippen MR) is 112 cm³/mol. The van der Waals surface area contributed by atoms with Gasteiger partial charge in [-0.15, -0.1) is 0 Å². The molecule has 0 heterocycles. The first-order chi connectivity index (χ1) is 14.1. The highest BCUT2D eigenvalue weighted by atomic mass is 16.6. The van der Waals surface area contributed by atoms with E-state index in [4.69, 9.17) is 19.2 Å². The van der Waals surface area contributed by atoms with Crippen LogP contribution in [-0.4, -0.2) is 55.9 Å². The zero-order valence-electron chi connectivity index (χ0n) is 18.3.